The maximum atomic E-state index is 13.7. The number of aliphatic hydroxyl groups excluding tert-OH is 1. The molecule has 0 amide bonds. The van der Waals surface area contributed by atoms with E-state index in [-0.39, 0.29) is 6.61 Å². The van der Waals surface area contributed by atoms with Crippen molar-refractivity contribution in [3.8, 4) is 0 Å². The monoisotopic (exact) mass is 341 g/mol. The van der Waals surface area contributed by atoms with Gasteiger partial charge in [-0.2, -0.15) is 0 Å². The van der Waals surface area contributed by atoms with Crippen molar-refractivity contribution in [3.05, 3.63) is 65.7 Å². The normalized spacial score (nSPS) is 13.0. The number of aliphatic hydroxyl groups is 1. The van der Waals surface area contributed by atoms with Crippen molar-refractivity contribution in [1.82, 2.24) is 4.72 Å². The topological polar surface area (TPSA) is 66.4 Å². The van der Waals surface area contributed by atoms with Gasteiger partial charge in [-0.15, -0.1) is 0 Å². The van der Waals surface area contributed by atoms with Crippen molar-refractivity contribution in [3.63, 3.8) is 0 Å². The summed E-state index contributed by atoms with van der Waals surface area (Å²) in [4.78, 5) is -0.734. The number of rotatable bonds is 7. The lowest BCUT2D eigenvalue weighted by Gasteiger charge is -2.19. The molecule has 0 saturated heterocycles. The lowest BCUT2D eigenvalue weighted by molar-refractivity contribution is 0.278. The van der Waals surface area contributed by atoms with Gasteiger partial charge in [0.25, 0.3) is 0 Å². The Hall–Kier alpha value is -1.83. The number of nitrogens with one attached hydrogen (secondary N) is 1. The fraction of sp³-hybridized carbons (Fsp3) is 0.250. The van der Waals surface area contributed by atoms with Gasteiger partial charge in [-0.1, -0.05) is 30.3 Å². The Kier molecular flexibility index (Phi) is 5.81. The predicted octanol–water partition coefficient (Wildman–Crippen LogP) is 2.76. The van der Waals surface area contributed by atoms with E-state index in [1.165, 1.54) is 0 Å². The van der Waals surface area contributed by atoms with Crippen molar-refractivity contribution in [2.24, 2.45) is 0 Å². The second-order valence-electron chi connectivity index (χ2n) is 5.03. The van der Waals surface area contributed by atoms with E-state index in [0.29, 0.717) is 24.5 Å². The first kappa shape index (κ1) is 17.5. The highest BCUT2D eigenvalue weighted by molar-refractivity contribution is 7.89. The first-order valence-corrected chi connectivity index (χ1v) is 8.55. The van der Waals surface area contributed by atoms with Crippen LogP contribution in [0.3, 0.4) is 0 Å². The zero-order chi connectivity index (χ0) is 16.9. The summed E-state index contributed by atoms with van der Waals surface area (Å²) in [5.74, 6) is -1.86. The molecular formula is C16H17F2NO3S. The quantitative estimate of drug-likeness (QED) is 0.814. The van der Waals surface area contributed by atoms with E-state index in [0.717, 1.165) is 12.1 Å². The summed E-state index contributed by atoms with van der Waals surface area (Å²) in [5.41, 5.74) is 0.682. The van der Waals surface area contributed by atoms with E-state index in [4.69, 9.17) is 5.11 Å². The molecular weight excluding hydrogens is 324 g/mol. The van der Waals surface area contributed by atoms with E-state index in [9.17, 15) is 17.2 Å². The zero-order valence-electron chi connectivity index (χ0n) is 12.2. The summed E-state index contributed by atoms with van der Waals surface area (Å²) in [5, 5.41) is 8.97. The maximum absolute atomic E-state index is 13.7. The molecule has 0 saturated carbocycles. The van der Waals surface area contributed by atoms with Crippen molar-refractivity contribution in [2.45, 2.75) is 23.8 Å². The predicted molar refractivity (Wildman–Crippen MR) is 82.2 cm³/mol. The third kappa shape index (κ3) is 4.57. The van der Waals surface area contributed by atoms with Crippen LogP contribution in [0.15, 0.2) is 53.4 Å². The van der Waals surface area contributed by atoms with Crippen LogP contribution < -0.4 is 4.72 Å². The van der Waals surface area contributed by atoms with Crippen molar-refractivity contribution >= 4 is 10.0 Å². The Morgan fingerprint density at radius 1 is 1.09 bits per heavy atom. The number of halogens is 2. The average molecular weight is 341 g/mol. The molecule has 2 N–H and O–H groups in total. The van der Waals surface area contributed by atoms with E-state index in [2.05, 4.69) is 4.72 Å². The molecule has 0 bridgehead atoms. The SMILES string of the molecule is O=S(=O)(N[C@H](CCCO)c1ccccc1)c1cc(F)ccc1F. The number of hydrogen-bond donors (Lipinski definition) is 2. The molecule has 0 aromatic heterocycles. The molecule has 0 heterocycles. The molecule has 0 aliphatic carbocycles. The highest BCUT2D eigenvalue weighted by atomic mass is 32.2. The fourth-order valence-electron chi connectivity index (χ4n) is 2.21. The molecule has 0 aliphatic heterocycles. The number of benzene rings is 2. The summed E-state index contributed by atoms with van der Waals surface area (Å²) in [6.07, 6.45) is 0.699. The Bertz CT molecular complexity index is 751. The van der Waals surface area contributed by atoms with Crippen LogP contribution in [0.1, 0.15) is 24.4 Å². The van der Waals surface area contributed by atoms with Crippen LogP contribution in [0.5, 0.6) is 0 Å². The minimum absolute atomic E-state index is 0.0978. The maximum Gasteiger partial charge on any atom is 0.244 e. The third-order valence-corrected chi connectivity index (χ3v) is 4.82. The van der Waals surface area contributed by atoms with Gasteiger partial charge in [-0.3, -0.25) is 0 Å². The summed E-state index contributed by atoms with van der Waals surface area (Å²) in [7, 11) is -4.24. The van der Waals surface area contributed by atoms with Gasteiger partial charge in [-0.25, -0.2) is 21.9 Å². The van der Waals surface area contributed by atoms with E-state index >= 15 is 0 Å². The van der Waals surface area contributed by atoms with Crippen LogP contribution in [0.2, 0.25) is 0 Å². The average Bonchev–Trinajstić information content (AvgIpc) is 2.54. The van der Waals surface area contributed by atoms with E-state index < -0.39 is 32.6 Å². The zero-order valence-corrected chi connectivity index (χ0v) is 13.1. The van der Waals surface area contributed by atoms with Crippen LogP contribution in [-0.4, -0.2) is 20.1 Å². The fourth-order valence-corrected chi connectivity index (χ4v) is 3.56. The molecule has 2 rings (SSSR count). The van der Waals surface area contributed by atoms with E-state index in [1.807, 2.05) is 0 Å². The van der Waals surface area contributed by atoms with Gasteiger partial charge < -0.3 is 5.11 Å². The van der Waals surface area contributed by atoms with Crippen molar-refractivity contribution in [2.75, 3.05) is 6.61 Å². The van der Waals surface area contributed by atoms with Crippen LogP contribution >= 0.6 is 0 Å². The van der Waals surface area contributed by atoms with Gasteiger partial charge in [0, 0.05) is 12.6 Å². The van der Waals surface area contributed by atoms with Crippen molar-refractivity contribution in [1.29, 1.82) is 0 Å². The Morgan fingerprint density at radius 3 is 2.43 bits per heavy atom. The molecule has 0 fully saturated rings. The van der Waals surface area contributed by atoms with Crippen LogP contribution in [0.25, 0.3) is 0 Å². The molecule has 124 valence electrons. The molecule has 2 aromatic rings. The van der Waals surface area contributed by atoms with Gasteiger partial charge in [0.1, 0.15) is 16.5 Å². The molecule has 23 heavy (non-hydrogen) atoms. The van der Waals surface area contributed by atoms with Gasteiger partial charge in [0.15, 0.2) is 0 Å². The molecule has 1 atom stereocenters. The Morgan fingerprint density at radius 2 is 1.78 bits per heavy atom. The second kappa shape index (κ2) is 7.63. The summed E-state index contributed by atoms with van der Waals surface area (Å²) < 4.78 is 54.1. The summed E-state index contributed by atoms with van der Waals surface area (Å²) in [6.45, 7) is -0.0978. The third-order valence-electron chi connectivity index (χ3n) is 3.33. The molecule has 4 nitrogen and oxygen atoms in total. The molecule has 2 aromatic carbocycles. The number of sulfonamides is 1. The van der Waals surface area contributed by atoms with Gasteiger partial charge >= 0.3 is 0 Å². The molecule has 0 spiro atoms. The Labute approximate surface area is 133 Å². The lowest BCUT2D eigenvalue weighted by Crippen LogP contribution is -2.29. The van der Waals surface area contributed by atoms with Crippen LogP contribution in [0, 0.1) is 11.6 Å². The summed E-state index contributed by atoms with van der Waals surface area (Å²) in [6, 6.07) is 10.4. The summed E-state index contributed by atoms with van der Waals surface area (Å²) >= 11 is 0. The molecule has 7 heteroatoms. The van der Waals surface area contributed by atoms with Gasteiger partial charge in [0.05, 0.1) is 0 Å². The smallest absolute Gasteiger partial charge is 0.244 e. The largest absolute Gasteiger partial charge is 0.396 e. The highest BCUT2D eigenvalue weighted by Crippen LogP contribution is 2.23. The molecule has 0 unspecified atom stereocenters. The van der Waals surface area contributed by atoms with E-state index in [1.54, 1.807) is 30.3 Å². The number of hydrogen-bond acceptors (Lipinski definition) is 3. The first-order valence-electron chi connectivity index (χ1n) is 7.07. The lowest BCUT2D eigenvalue weighted by atomic mass is 10.0. The van der Waals surface area contributed by atoms with Gasteiger partial charge in [-0.05, 0) is 36.6 Å². The van der Waals surface area contributed by atoms with Crippen LogP contribution in [0.4, 0.5) is 8.78 Å². The second-order valence-corrected chi connectivity index (χ2v) is 6.71. The van der Waals surface area contributed by atoms with Crippen molar-refractivity contribution < 1.29 is 22.3 Å². The van der Waals surface area contributed by atoms with Crippen LogP contribution in [-0.2, 0) is 10.0 Å². The Balaban J connectivity index is 2.32. The molecule has 0 aliphatic rings. The minimum Gasteiger partial charge on any atom is -0.396 e. The van der Waals surface area contributed by atoms with Gasteiger partial charge in [0.2, 0.25) is 10.0 Å². The first-order chi connectivity index (χ1) is 10.9. The minimum atomic E-state index is -4.24. The standard InChI is InChI=1S/C16H17F2NO3S/c17-13-8-9-14(18)16(11-13)23(21,22)19-15(7-4-10-20)12-5-2-1-3-6-12/h1-3,5-6,8-9,11,15,19-20H,4,7,10H2/t15-/m1/s1. The highest BCUT2D eigenvalue weighted by Gasteiger charge is 2.24. The molecule has 0 radical (unpaired) electrons.